The molecule has 1 aromatic rings. The van der Waals surface area contributed by atoms with E-state index in [1.54, 1.807) is 0 Å². The molecule has 0 aliphatic carbocycles. The summed E-state index contributed by atoms with van der Waals surface area (Å²) >= 11 is 0. The zero-order valence-corrected chi connectivity index (χ0v) is 12.9. The maximum Gasteiger partial charge on any atom is 0.319 e. The van der Waals surface area contributed by atoms with Gasteiger partial charge in [-0.25, -0.2) is 13.6 Å². The molecule has 0 radical (unpaired) electrons. The second kappa shape index (κ2) is 8.08. The van der Waals surface area contributed by atoms with E-state index in [1.807, 2.05) is 0 Å². The predicted octanol–water partition coefficient (Wildman–Crippen LogP) is 3.21. The van der Waals surface area contributed by atoms with Gasteiger partial charge in [-0.15, -0.1) is 0 Å². The van der Waals surface area contributed by atoms with E-state index in [-0.39, 0.29) is 5.69 Å². The van der Waals surface area contributed by atoms with Crippen LogP contribution in [0.25, 0.3) is 0 Å². The van der Waals surface area contributed by atoms with Crippen LogP contribution < -0.4 is 10.6 Å². The van der Waals surface area contributed by atoms with Gasteiger partial charge < -0.3 is 15.5 Å². The van der Waals surface area contributed by atoms with Crippen LogP contribution >= 0.6 is 0 Å². The summed E-state index contributed by atoms with van der Waals surface area (Å²) in [4.78, 5) is 14.0. The molecule has 0 bridgehead atoms. The molecular formula is C16H23F2N3O. The van der Waals surface area contributed by atoms with Gasteiger partial charge in [0.05, 0.1) is 5.69 Å². The number of urea groups is 1. The Morgan fingerprint density at radius 3 is 2.73 bits per heavy atom. The van der Waals surface area contributed by atoms with Crippen LogP contribution in [0.1, 0.15) is 26.2 Å². The molecule has 0 saturated carbocycles. The average Bonchev–Trinajstić information content (AvgIpc) is 2.48. The van der Waals surface area contributed by atoms with E-state index in [9.17, 15) is 13.6 Å². The molecule has 1 aliphatic heterocycles. The highest BCUT2D eigenvalue weighted by atomic mass is 19.1. The van der Waals surface area contributed by atoms with E-state index in [1.165, 1.54) is 18.9 Å². The highest BCUT2D eigenvalue weighted by Crippen LogP contribution is 2.16. The number of nitrogens with zero attached hydrogens (tertiary/aromatic N) is 1. The third-order valence-electron chi connectivity index (χ3n) is 3.99. The molecule has 122 valence electrons. The highest BCUT2D eigenvalue weighted by Gasteiger charge is 2.15. The first-order valence-corrected chi connectivity index (χ1v) is 7.77. The Kier molecular flexibility index (Phi) is 6.12. The second-order valence-electron chi connectivity index (χ2n) is 5.88. The topological polar surface area (TPSA) is 44.4 Å². The molecule has 0 spiro atoms. The molecule has 6 heteroatoms. The van der Waals surface area contributed by atoms with Gasteiger partial charge in [-0.2, -0.15) is 0 Å². The molecule has 1 aromatic carbocycles. The summed E-state index contributed by atoms with van der Waals surface area (Å²) in [6.07, 6.45) is 3.32. The number of carbonyl (C=O) groups excluding carboxylic acids is 1. The van der Waals surface area contributed by atoms with E-state index in [0.29, 0.717) is 6.54 Å². The molecule has 0 aromatic heterocycles. The van der Waals surface area contributed by atoms with Crippen molar-refractivity contribution >= 4 is 11.7 Å². The molecule has 22 heavy (non-hydrogen) atoms. The van der Waals surface area contributed by atoms with Crippen LogP contribution in [-0.4, -0.2) is 37.1 Å². The van der Waals surface area contributed by atoms with Crippen LogP contribution in [0.3, 0.4) is 0 Å². The molecule has 1 saturated heterocycles. The number of nitrogens with one attached hydrogen (secondary N) is 2. The van der Waals surface area contributed by atoms with Crippen molar-refractivity contribution in [2.75, 3.05) is 31.5 Å². The number of amides is 2. The van der Waals surface area contributed by atoms with Crippen molar-refractivity contribution in [2.45, 2.75) is 26.2 Å². The summed E-state index contributed by atoms with van der Waals surface area (Å²) in [6, 6.07) is 2.58. The second-order valence-corrected chi connectivity index (χ2v) is 5.88. The van der Waals surface area contributed by atoms with Crippen molar-refractivity contribution in [1.82, 2.24) is 10.2 Å². The van der Waals surface area contributed by atoms with Gasteiger partial charge in [0.1, 0.15) is 11.6 Å². The lowest BCUT2D eigenvalue weighted by molar-refractivity contribution is 0.190. The van der Waals surface area contributed by atoms with Crippen molar-refractivity contribution in [1.29, 1.82) is 0 Å². The van der Waals surface area contributed by atoms with Crippen LogP contribution in [0.15, 0.2) is 18.2 Å². The molecule has 0 atom stereocenters. The smallest absolute Gasteiger partial charge is 0.319 e. The maximum atomic E-state index is 13.4. The summed E-state index contributed by atoms with van der Waals surface area (Å²) in [5.74, 6) is -0.636. The number of likely N-dealkylation sites (tertiary alicyclic amines) is 1. The van der Waals surface area contributed by atoms with Gasteiger partial charge >= 0.3 is 6.03 Å². The van der Waals surface area contributed by atoms with Gasteiger partial charge in [-0.1, -0.05) is 6.92 Å². The zero-order chi connectivity index (χ0) is 15.9. The van der Waals surface area contributed by atoms with E-state index < -0.39 is 17.7 Å². The fraction of sp³-hybridized carbons (Fsp3) is 0.562. The minimum absolute atomic E-state index is 0.0241. The normalized spacial score (nSPS) is 16.5. The minimum atomic E-state index is -0.780. The van der Waals surface area contributed by atoms with Gasteiger partial charge in [-0.05, 0) is 56.9 Å². The predicted molar refractivity (Wildman–Crippen MR) is 82.8 cm³/mol. The van der Waals surface area contributed by atoms with Crippen molar-refractivity contribution in [2.24, 2.45) is 5.92 Å². The first-order chi connectivity index (χ1) is 10.5. The lowest BCUT2D eigenvalue weighted by Crippen LogP contribution is -2.36. The number of benzene rings is 1. The maximum absolute atomic E-state index is 13.4. The Hall–Kier alpha value is -1.69. The van der Waals surface area contributed by atoms with Gasteiger partial charge in [0.2, 0.25) is 0 Å². The van der Waals surface area contributed by atoms with Crippen LogP contribution in [0.5, 0.6) is 0 Å². The molecule has 2 N–H and O–H groups in total. The quantitative estimate of drug-likeness (QED) is 0.820. The Balaban J connectivity index is 1.63. The van der Waals surface area contributed by atoms with Crippen LogP contribution in [0.2, 0.25) is 0 Å². The van der Waals surface area contributed by atoms with Crippen molar-refractivity contribution in [3.8, 4) is 0 Å². The van der Waals surface area contributed by atoms with Gasteiger partial charge in [0, 0.05) is 12.6 Å². The van der Waals surface area contributed by atoms with Crippen molar-refractivity contribution in [3.05, 3.63) is 29.8 Å². The Labute approximate surface area is 129 Å². The SMILES string of the molecule is CC1CCN(CCCNC(=O)Nc2ccc(F)cc2F)CC1. The first-order valence-electron chi connectivity index (χ1n) is 7.77. The van der Waals surface area contributed by atoms with Crippen molar-refractivity contribution in [3.63, 3.8) is 0 Å². The van der Waals surface area contributed by atoms with E-state index in [0.717, 1.165) is 44.1 Å². The van der Waals surface area contributed by atoms with Crippen LogP contribution in [0.4, 0.5) is 19.3 Å². The van der Waals surface area contributed by atoms with Gasteiger partial charge in [0.25, 0.3) is 0 Å². The molecule has 2 amide bonds. The lowest BCUT2D eigenvalue weighted by atomic mass is 9.99. The van der Waals surface area contributed by atoms with Crippen LogP contribution in [-0.2, 0) is 0 Å². The number of halogens is 2. The summed E-state index contributed by atoms with van der Waals surface area (Å²) < 4.78 is 26.1. The van der Waals surface area contributed by atoms with E-state index >= 15 is 0 Å². The number of rotatable bonds is 5. The first kappa shape index (κ1) is 16.7. The Morgan fingerprint density at radius 2 is 2.05 bits per heavy atom. The third kappa shape index (κ3) is 5.26. The Morgan fingerprint density at radius 1 is 1.32 bits per heavy atom. The minimum Gasteiger partial charge on any atom is -0.338 e. The number of anilines is 1. The summed E-state index contributed by atoms with van der Waals surface area (Å²) in [7, 11) is 0. The highest BCUT2D eigenvalue weighted by molar-refractivity contribution is 5.89. The molecule has 1 heterocycles. The molecular weight excluding hydrogens is 288 g/mol. The average molecular weight is 311 g/mol. The molecule has 2 rings (SSSR count). The number of piperidine rings is 1. The fourth-order valence-electron chi connectivity index (χ4n) is 2.55. The Bertz CT molecular complexity index is 502. The fourth-order valence-corrected chi connectivity index (χ4v) is 2.55. The molecule has 0 unspecified atom stereocenters. The summed E-state index contributed by atoms with van der Waals surface area (Å²) in [6.45, 7) is 6.00. The monoisotopic (exact) mass is 311 g/mol. The largest absolute Gasteiger partial charge is 0.338 e. The third-order valence-corrected chi connectivity index (χ3v) is 3.99. The standard InChI is InChI=1S/C16H23F2N3O/c1-12-5-9-21(10-6-12)8-2-7-19-16(22)20-15-4-3-13(17)11-14(15)18/h3-4,11-12H,2,5-10H2,1H3,(H2,19,20,22). The molecule has 4 nitrogen and oxygen atoms in total. The summed E-state index contributed by atoms with van der Waals surface area (Å²) in [5, 5.41) is 5.06. The van der Waals surface area contributed by atoms with E-state index in [4.69, 9.17) is 0 Å². The zero-order valence-electron chi connectivity index (χ0n) is 12.9. The number of carbonyl (C=O) groups is 1. The van der Waals surface area contributed by atoms with Crippen molar-refractivity contribution < 1.29 is 13.6 Å². The number of hydrogen-bond acceptors (Lipinski definition) is 2. The van der Waals surface area contributed by atoms with Gasteiger partial charge in [0.15, 0.2) is 0 Å². The van der Waals surface area contributed by atoms with E-state index in [2.05, 4.69) is 22.5 Å². The molecule has 1 aliphatic rings. The number of hydrogen-bond donors (Lipinski definition) is 2. The van der Waals surface area contributed by atoms with Gasteiger partial charge in [-0.3, -0.25) is 0 Å². The lowest BCUT2D eigenvalue weighted by Gasteiger charge is -2.30. The summed E-state index contributed by atoms with van der Waals surface area (Å²) in [5.41, 5.74) is -0.0241. The molecule has 1 fully saturated rings. The van der Waals surface area contributed by atoms with Crippen LogP contribution in [0, 0.1) is 17.6 Å².